The summed E-state index contributed by atoms with van der Waals surface area (Å²) in [5.74, 6) is 0.614. The molecule has 0 saturated carbocycles. The van der Waals surface area contributed by atoms with E-state index in [4.69, 9.17) is 4.74 Å². The topological polar surface area (TPSA) is 72.5 Å². The Kier molecular flexibility index (Phi) is 6.81. The molecule has 0 fully saturated rings. The molecule has 24 heavy (non-hydrogen) atoms. The van der Waals surface area contributed by atoms with Crippen molar-refractivity contribution in [2.45, 2.75) is 24.2 Å². The van der Waals surface area contributed by atoms with Gasteiger partial charge in [-0.1, -0.05) is 6.07 Å². The molecule has 0 aliphatic heterocycles. The Morgan fingerprint density at radius 2 is 1.96 bits per heavy atom. The summed E-state index contributed by atoms with van der Waals surface area (Å²) in [4.78, 5) is 13.2. The smallest absolute Gasteiger partial charge is 0.220 e. The van der Waals surface area contributed by atoms with Gasteiger partial charge in [-0.3, -0.25) is 4.79 Å². The van der Waals surface area contributed by atoms with Crippen LogP contribution in [0.15, 0.2) is 46.7 Å². The highest BCUT2D eigenvalue weighted by atomic mass is 32.2. The summed E-state index contributed by atoms with van der Waals surface area (Å²) in [6, 6.07) is 10.3. The molecule has 2 rings (SSSR count). The fourth-order valence-corrected chi connectivity index (χ4v) is 3.41. The van der Waals surface area contributed by atoms with Gasteiger partial charge in [0.2, 0.25) is 5.91 Å². The standard InChI is InChI=1S/C17H21NO4S2/c1-24(20,21)16-8-6-14(7-9-16)22-12-2-5-17(19)18-11-10-15-4-3-13-23-15/h3-4,6-9,13H,2,5,10-12H2,1H3,(H,18,19). The monoisotopic (exact) mass is 367 g/mol. The van der Waals surface area contributed by atoms with Gasteiger partial charge in [-0.25, -0.2) is 8.42 Å². The van der Waals surface area contributed by atoms with Gasteiger partial charge in [-0.2, -0.15) is 0 Å². The van der Waals surface area contributed by atoms with Crippen LogP contribution in [0.25, 0.3) is 0 Å². The molecule has 1 N–H and O–H groups in total. The van der Waals surface area contributed by atoms with Crippen molar-refractivity contribution in [3.63, 3.8) is 0 Å². The Morgan fingerprint density at radius 1 is 1.21 bits per heavy atom. The van der Waals surface area contributed by atoms with Crippen LogP contribution < -0.4 is 10.1 Å². The minimum absolute atomic E-state index is 0.0163. The quantitative estimate of drug-likeness (QED) is 0.692. The SMILES string of the molecule is CS(=O)(=O)c1ccc(OCCCC(=O)NCCc2cccs2)cc1. The molecule has 0 aliphatic rings. The van der Waals surface area contributed by atoms with E-state index in [2.05, 4.69) is 11.4 Å². The van der Waals surface area contributed by atoms with Crippen molar-refractivity contribution in [3.8, 4) is 5.75 Å². The van der Waals surface area contributed by atoms with Crippen LogP contribution in [0.1, 0.15) is 17.7 Å². The number of amides is 1. The third-order valence-electron chi connectivity index (χ3n) is 3.34. The third kappa shape index (κ3) is 6.33. The van der Waals surface area contributed by atoms with Gasteiger partial charge >= 0.3 is 0 Å². The van der Waals surface area contributed by atoms with E-state index in [9.17, 15) is 13.2 Å². The van der Waals surface area contributed by atoms with Crippen molar-refractivity contribution in [1.29, 1.82) is 0 Å². The Balaban J connectivity index is 1.61. The largest absolute Gasteiger partial charge is 0.494 e. The Labute approximate surface area is 146 Å². The number of carbonyl (C=O) groups excluding carboxylic acids is 1. The first kappa shape index (κ1) is 18.5. The lowest BCUT2D eigenvalue weighted by molar-refractivity contribution is -0.121. The molecule has 7 heteroatoms. The summed E-state index contributed by atoms with van der Waals surface area (Å²) < 4.78 is 28.2. The zero-order chi connectivity index (χ0) is 17.4. The molecular weight excluding hydrogens is 346 g/mol. The average Bonchev–Trinajstić information content (AvgIpc) is 3.04. The van der Waals surface area contributed by atoms with E-state index in [0.717, 1.165) is 6.42 Å². The molecule has 0 saturated heterocycles. The van der Waals surface area contributed by atoms with Crippen molar-refractivity contribution in [1.82, 2.24) is 5.32 Å². The van der Waals surface area contributed by atoms with Gasteiger partial charge in [-0.15, -0.1) is 11.3 Å². The van der Waals surface area contributed by atoms with Gasteiger partial charge in [0.1, 0.15) is 5.75 Å². The van der Waals surface area contributed by atoms with Crippen molar-refractivity contribution >= 4 is 27.1 Å². The zero-order valence-electron chi connectivity index (χ0n) is 13.5. The van der Waals surface area contributed by atoms with Gasteiger partial charge in [0, 0.05) is 24.1 Å². The number of benzene rings is 1. The van der Waals surface area contributed by atoms with Gasteiger partial charge in [0.25, 0.3) is 0 Å². The van der Waals surface area contributed by atoms with E-state index in [1.165, 1.54) is 23.3 Å². The Hall–Kier alpha value is -1.86. The Bertz CT molecular complexity index is 737. The van der Waals surface area contributed by atoms with Gasteiger partial charge in [0.15, 0.2) is 9.84 Å². The number of nitrogens with one attached hydrogen (secondary N) is 1. The van der Waals surface area contributed by atoms with Crippen LogP contribution in [0, 0.1) is 0 Å². The first-order valence-electron chi connectivity index (χ1n) is 7.67. The van der Waals surface area contributed by atoms with E-state index in [1.54, 1.807) is 23.5 Å². The van der Waals surface area contributed by atoms with E-state index in [-0.39, 0.29) is 10.8 Å². The van der Waals surface area contributed by atoms with Crippen molar-refractivity contribution in [2.24, 2.45) is 0 Å². The molecule has 1 heterocycles. The fourth-order valence-electron chi connectivity index (χ4n) is 2.07. The summed E-state index contributed by atoms with van der Waals surface area (Å²) in [6.45, 7) is 1.06. The molecule has 0 aliphatic carbocycles. The van der Waals surface area contributed by atoms with E-state index in [1.807, 2.05) is 11.4 Å². The minimum Gasteiger partial charge on any atom is -0.494 e. The lowest BCUT2D eigenvalue weighted by Gasteiger charge is -2.07. The summed E-state index contributed by atoms with van der Waals surface area (Å²) in [5, 5.41) is 4.91. The van der Waals surface area contributed by atoms with E-state index in [0.29, 0.717) is 31.7 Å². The number of carbonyl (C=O) groups is 1. The molecule has 0 spiro atoms. The molecule has 0 radical (unpaired) electrons. The van der Waals surface area contributed by atoms with Crippen LogP contribution in [-0.4, -0.2) is 33.7 Å². The van der Waals surface area contributed by atoms with Crippen molar-refractivity contribution in [3.05, 3.63) is 46.7 Å². The lowest BCUT2D eigenvalue weighted by Crippen LogP contribution is -2.25. The predicted molar refractivity (Wildman–Crippen MR) is 95.3 cm³/mol. The molecule has 2 aromatic rings. The second kappa shape index (κ2) is 8.84. The predicted octanol–water partition coefficient (Wildman–Crippen LogP) is 2.67. The van der Waals surface area contributed by atoms with Crippen LogP contribution in [0.4, 0.5) is 0 Å². The highest BCUT2D eigenvalue weighted by Crippen LogP contribution is 2.16. The summed E-state index contributed by atoms with van der Waals surface area (Å²) in [6.07, 6.45) is 3.04. The Morgan fingerprint density at radius 3 is 2.58 bits per heavy atom. The summed E-state index contributed by atoms with van der Waals surface area (Å²) in [5.41, 5.74) is 0. The number of hydrogen-bond donors (Lipinski definition) is 1. The van der Waals surface area contributed by atoms with Crippen LogP contribution in [0.2, 0.25) is 0 Å². The van der Waals surface area contributed by atoms with Crippen LogP contribution in [-0.2, 0) is 21.1 Å². The van der Waals surface area contributed by atoms with E-state index >= 15 is 0 Å². The number of thiophene rings is 1. The van der Waals surface area contributed by atoms with Gasteiger partial charge in [0.05, 0.1) is 11.5 Å². The molecule has 0 bridgehead atoms. The third-order valence-corrected chi connectivity index (χ3v) is 5.41. The van der Waals surface area contributed by atoms with Crippen LogP contribution >= 0.6 is 11.3 Å². The molecule has 5 nitrogen and oxygen atoms in total. The molecule has 1 amide bonds. The molecule has 1 aromatic carbocycles. The summed E-state index contributed by atoms with van der Waals surface area (Å²) in [7, 11) is -3.19. The second-order valence-corrected chi connectivity index (χ2v) is 8.42. The number of ether oxygens (including phenoxy) is 1. The molecule has 1 aromatic heterocycles. The number of rotatable bonds is 9. The van der Waals surface area contributed by atoms with Crippen molar-refractivity contribution < 1.29 is 17.9 Å². The number of hydrogen-bond acceptors (Lipinski definition) is 5. The average molecular weight is 367 g/mol. The van der Waals surface area contributed by atoms with E-state index < -0.39 is 9.84 Å². The number of sulfone groups is 1. The highest BCUT2D eigenvalue weighted by molar-refractivity contribution is 7.90. The minimum atomic E-state index is -3.19. The van der Waals surface area contributed by atoms with Crippen LogP contribution in [0.5, 0.6) is 5.75 Å². The second-order valence-electron chi connectivity index (χ2n) is 5.37. The highest BCUT2D eigenvalue weighted by Gasteiger charge is 2.06. The summed E-state index contributed by atoms with van der Waals surface area (Å²) >= 11 is 1.69. The van der Waals surface area contributed by atoms with Gasteiger partial charge in [-0.05, 0) is 48.6 Å². The molecule has 0 unspecified atom stereocenters. The molecule has 0 atom stereocenters. The maximum Gasteiger partial charge on any atom is 0.220 e. The van der Waals surface area contributed by atoms with Crippen LogP contribution in [0.3, 0.4) is 0 Å². The maximum atomic E-state index is 11.7. The maximum absolute atomic E-state index is 11.7. The fraction of sp³-hybridized carbons (Fsp3) is 0.353. The first-order chi connectivity index (χ1) is 11.4. The lowest BCUT2D eigenvalue weighted by atomic mass is 10.3. The first-order valence-corrected chi connectivity index (χ1v) is 10.4. The van der Waals surface area contributed by atoms with Gasteiger partial charge < -0.3 is 10.1 Å². The molecular formula is C17H21NO4S2. The molecule has 130 valence electrons. The zero-order valence-corrected chi connectivity index (χ0v) is 15.2. The van der Waals surface area contributed by atoms with Crippen molar-refractivity contribution in [2.75, 3.05) is 19.4 Å². The normalized spacial score (nSPS) is 11.2.